The summed E-state index contributed by atoms with van der Waals surface area (Å²) in [4.78, 5) is 54.4. The molecular formula is C28H52N4O6P+. The highest BCUT2D eigenvalue weighted by Gasteiger charge is 2.47. The van der Waals surface area contributed by atoms with E-state index >= 15 is 0 Å². The van der Waals surface area contributed by atoms with Crippen LogP contribution in [0.25, 0.3) is 0 Å². The number of carbonyl (C=O) groups excluding carboxylic acids is 4. The molecule has 0 radical (unpaired) electrons. The summed E-state index contributed by atoms with van der Waals surface area (Å²) in [7, 11) is 1.24. The highest BCUT2D eigenvalue weighted by Crippen LogP contribution is 2.34. The summed E-state index contributed by atoms with van der Waals surface area (Å²) in [5, 5.41) is 19.0. The highest BCUT2D eigenvalue weighted by atomic mass is 31.0. The predicted octanol–water partition coefficient (Wildman–Crippen LogP) is 2.86. The Morgan fingerprint density at radius 1 is 1.00 bits per heavy atom. The minimum absolute atomic E-state index is 0.0842. The van der Waals surface area contributed by atoms with Gasteiger partial charge >= 0.3 is 6.09 Å². The fourth-order valence-corrected chi connectivity index (χ4v) is 5.67. The number of carbonyl (C=O) groups is 4. The topological polar surface area (TPSA) is 137 Å². The van der Waals surface area contributed by atoms with E-state index in [4.69, 9.17) is 4.74 Å². The standard InChI is InChI=1S/C28H51N4O6P/c1-16(2)14-18-12-13-32(25(36)22(27(3,4)5)30-26(37)38-28(6,7)8)20(18)23(34)29-19(15-17-10-9-11-17)21(33)24(35)31-39/h16-22,33H,9-15,39H2,1-8H3,(H,29,34)(H,30,37)(H,31,35)/p+1/t18-,19?,20+,21?,22-/m1/s1. The molecule has 4 amide bonds. The largest absolute Gasteiger partial charge is 0.444 e. The van der Waals surface area contributed by atoms with Gasteiger partial charge in [-0.3, -0.25) is 14.4 Å². The second kappa shape index (κ2) is 13.6. The molecule has 1 saturated heterocycles. The molecular weight excluding hydrogens is 519 g/mol. The van der Waals surface area contributed by atoms with Gasteiger partial charge < -0.3 is 25.4 Å². The molecule has 11 heteroatoms. The number of aliphatic hydroxyl groups is 1. The van der Waals surface area contributed by atoms with Gasteiger partial charge in [0, 0.05) is 6.54 Å². The first-order chi connectivity index (χ1) is 17.9. The van der Waals surface area contributed by atoms with Crippen LogP contribution in [0.4, 0.5) is 4.79 Å². The minimum Gasteiger partial charge on any atom is -0.444 e. The molecule has 0 aromatic rings. The average Bonchev–Trinajstić information content (AvgIpc) is 3.18. The lowest BCUT2D eigenvalue weighted by Crippen LogP contribution is -2.60. The van der Waals surface area contributed by atoms with E-state index in [1.165, 1.54) is 9.39 Å². The van der Waals surface area contributed by atoms with Crippen molar-refractivity contribution < 1.29 is 29.0 Å². The summed E-state index contributed by atoms with van der Waals surface area (Å²) >= 11 is 0. The van der Waals surface area contributed by atoms with Crippen molar-refractivity contribution in [3.05, 3.63) is 0 Å². The molecule has 2 rings (SSSR count). The lowest BCUT2D eigenvalue weighted by Gasteiger charge is -2.37. The van der Waals surface area contributed by atoms with Crippen molar-refractivity contribution in [1.82, 2.24) is 20.6 Å². The van der Waals surface area contributed by atoms with E-state index in [9.17, 15) is 24.3 Å². The number of ether oxygens (including phenoxy) is 1. The molecule has 2 aliphatic rings. The SMILES string of the molecule is CC(C)C[C@H]1CCN(C(=O)[C@@H](NC(=O)OC(C)(C)C)C(C)(C)C)[C@@H]1C(=O)NC(CC1CCC1)C(O)C(=O)N[PH3+]. The monoisotopic (exact) mass is 571 g/mol. The van der Waals surface area contributed by atoms with Crippen LogP contribution in [0.2, 0.25) is 0 Å². The smallest absolute Gasteiger partial charge is 0.408 e. The maximum atomic E-state index is 14.0. The Morgan fingerprint density at radius 3 is 2.08 bits per heavy atom. The molecule has 3 unspecified atom stereocenters. The zero-order chi connectivity index (χ0) is 29.7. The Balaban J connectivity index is 2.34. The van der Waals surface area contributed by atoms with Crippen molar-refractivity contribution in [2.75, 3.05) is 6.54 Å². The molecule has 1 aliphatic carbocycles. The first-order valence-corrected chi connectivity index (χ1v) is 15.0. The molecule has 1 saturated carbocycles. The van der Waals surface area contributed by atoms with Crippen molar-refractivity contribution in [1.29, 1.82) is 0 Å². The Hall–Kier alpha value is -1.93. The summed E-state index contributed by atoms with van der Waals surface area (Å²) in [5.41, 5.74) is -1.37. The molecule has 4 N–H and O–H groups in total. The molecule has 1 heterocycles. The number of hydrogen-bond donors (Lipinski definition) is 4. The first kappa shape index (κ1) is 33.3. The molecule has 224 valence electrons. The third kappa shape index (κ3) is 9.59. The first-order valence-electron chi connectivity index (χ1n) is 14.3. The summed E-state index contributed by atoms with van der Waals surface area (Å²) < 4.78 is 5.42. The molecule has 0 aromatic heterocycles. The Morgan fingerprint density at radius 2 is 1.62 bits per heavy atom. The summed E-state index contributed by atoms with van der Waals surface area (Å²) in [6.45, 7) is 15.4. The highest BCUT2D eigenvalue weighted by molar-refractivity contribution is 7.15. The van der Waals surface area contributed by atoms with Gasteiger partial charge in [-0.1, -0.05) is 53.9 Å². The van der Waals surface area contributed by atoms with Crippen LogP contribution in [0.5, 0.6) is 0 Å². The molecule has 0 spiro atoms. The normalized spacial score (nSPS) is 22.6. The van der Waals surface area contributed by atoms with Crippen LogP contribution in [0.3, 0.4) is 0 Å². The van der Waals surface area contributed by atoms with Crippen LogP contribution in [-0.2, 0) is 19.1 Å². The lowest BCUT2D eigenvalue weighted by molar-refractivity contribution is -0.144. The van der Waals surface area contributed by atoms with Crippen molar-refractivity contribution in [2.45, 2.75) is 124 Å². The van der Waals surface area contributed by atoms with Gasteiger partial charge in [0.05, 0.1) is 15.4 Å². The number of likely N-dealkylation sites (tertiary alicyclic amines) is 1. The van der Waals surface area contributed by atoms with E-state index in [0.717, 1.165) is 25.7 Å². The fourth-order valence-electron chi connectivity index (χ4n) is 5.46. The number of amides is 4. The fraction of sp³-hybridized carbons (Fsp3) is 0.857. The Kier molecular flexibility index (Phi) is 11.6. The molecule has 6 atom stereocenters. The van der Waals surface area contributed by atoms with Gasteiger partial charge in [-0.15, -0.1) is 0 Å². The zero-order valence-electron chi connectivity index (χ0n) is 25.1. The lowest BCUT2D eigenvalue weighted by atomic mass is 9.79. The van der Waals surface area contributed by atoms with Crippen molar-refractivity contribution >= 4 is 33.2 Å². The quantitative estimate of drug-likeness (QED) is 0.298. The summed E-state index contributed by atoms with van der Waals surface area (Å²) in [6, 6.07) is -2.43. The predicted molar refractivity (Wildman–Crippen MR) is 155 cm³/mol. The number of hydrogen-bond acceptors (Lipinski definition) is 6. The van der Waals surface area contributed by atoms with Crippen molar-refractivity contribution in [3.8, 4) is 0 Å². The molecule has 0 aromatic carbocycles. The molecule has 2 fully saturated rings. The molecule has 39 heavy (non-hydrogen) atoms. The molecule has 10 nitrogen and oxygen atoms in total. The van der Waals surface area contributed by atoms with Crippen LogP contribution in [0.15, 0.2) is 0 Å². The second-order valence-corrected chi connectivity index (χ2v) is 14.1. The maximum absolute atomic E-state index is 14.0. The van der Waals surface area contributed by atoms with Crippen molar-refractivity contribution in [2.24, 2.45) is 23.2 Å². The zero-order valence-corrected chi connectivity index (χ0v) is 26.5. The summed E-state index contributed by atoms with van der Waals surface area (Å²) in [5.74, 6) is -0.686. The van der Waals surface area contributed by atoms with Gasteiger partial charge in [0.1, 0.15) is 17.7 Å². The third-order valence-corrected chi connectivity index (χ3v) is 7.94. The van der Waals surface area contributed by atoms with Crippen molar-refractivity contribution in [3.63, 3.8) is 0 Å². The van der Waals surface area contributed by atoms with E-state index < -0.39 is 47.2 Å². The van der Waals surface area contributed by atoms with Crippen LogP contribution in [-0.4, -0.2) is 70.2 Å². The van der Waals surface area contributed by atoms with Crippen LogP contribution in [0.1, 0.15) is 93.9 Å². The second-order valence-electron chi connectivity index (χ2n) is 13.7. The van der Waals surface area contributed by atoms with E-state index in [1.54, 1.807) is 25.7 Å². The number of nitrogens with one attached hydrogen (secondary N) is 3. The van der Waals surface area contributed by atoms with Gasteiger partial charge in [0.2, 0.25) is 11.8 Å². The van der Waals surface area contributed by atoms with Gasteiger partial charge in [-0.2, -0.15) is 0 Å². The Labute approximate surface area is 236 Å². The van der Waals surface area contributed by atoms with Gasteiger partial charge in [0.15, 0.2) is 6.10 Å². The Bertz CT molecular complexity index is 880. The maximum Gasteiger partial charge on any atom is 0.408 e. The number of nitrogens with zero attached hydrogens (tertiary/aromatic N) is 1. The number of rotatable bonds is 10. The summed E-state index contributed by atoms with van der Waals surface area (Å²) in [6.07, 6.45) is 2.94. The number of alkyl carbamates (subject to hydrolysis) is 1. The van der Waals surface area contributed by atoms with Crippen LogP contribution < -0.4 is 15.7 Å². The van der Waals surface area contributed by atoms with E-state index in [1.807, 2.05) is 20.8 Å². The van der Waals surface area contributed by atoms with E-state index in [0.29, 0.717) is 31.2 Å². The third-order valence-electron chi connectivity index (χ3n) is 7.59. The van der Waals surface area contributed by atoms with Gasteiger partial charge in [-0.25, -0.2) is 9.88 Å². The number of aliphatic hydroxyl groups excluding tert-OH is 1. The average molecular weight is 572 g/mol. The van der Waals surface area contributed by atoms with Gasteiger partial charge in [0.25, 0.3) is 5.91 Å². The van der Waals surface area contributed by atoms with Crippen LogP contribution in [0, 0.1) is 23.2 Å². The van der Waals surface area contributed by atoms with E-state index in [-0.39, 0.29) is 17.7 Å². The molecule has 1 aliphatic heterocycles. The van der Waals surface area contributed by atoms with Crippen LogP contribution >= 0.6 is 9.39 Å². The van der Waals surface area contributed by atoms with Gasteiger partial charge in [-0.05, 0) is 63.2 Å². The minimum atomic E-state index is -1.38. The van der Waals surface area contributed by atoms with E-state index in [2.05, 4.69) is 29.6 Å². The molecule has 0 bridgehead atoms.